The van der Waals surface area contributed by atoms with E-state index in [9.17, 15) is 4.79 Å². The van der Waals surface area contributed by atoms with Gasteiger partial charge in [-0.05, 0) is 72.3 Å². The van der Waals surface area contributed by atoms with Gasteiger partial charge in [-0.25, -0.2) is 0 Å². The number of nitriles is 1. The van der Waals surface area contributed by atoms with Crippen LogP contribution < -0.4 is 9.47 Å². The van der Waals surface area contributed by atoms with Gasteiger partial charge in [0.15, 0.2) is 5.78 Å². The summed E-state index contributed by atoms with van der Waals surface area (Å²) in [6.45, 7) is 0.295. The first-order valence-electron chi connectivity index (χ1n) is 10.4. The molecule has 0 atom stereocenters. The number of ether oxygens (including phenoxy) is 2. The number of nitrogens with zero attached hydrogens (tertiary/aromatic N) is 2. The summed E-state index contributed by atoms with van der Waals surface area (Å²) >= 11 is 0. The molecule has 1 heterocycles. The molecular weight excluding hydrogens is 412 g/mol. The minimum atomic E-state index is -0.0739. The third kappa shape index (κ3) is 5.38. The average Bonchev–Trinajstić information content (AvgIpc) is 3.41. The molecule has 0 N–H and O–H groups in total. The molecular formula is C28H22N2O3. The number of ketones is 1. The molecule has 5 nitrogen and oxygen atoms in total. The van der Waals surface area contributed by atoms with E-state index in [-0.39, 0.29) is 5.78 Å². The first kappa shape index (κ1) is 21.7. The molecule has 0 fully saturated rings. The van der Waals surface area contributed by atoms with Gasteiger partial charge in [0, 0.05) is 29.2 Å². The number of aromatic nitrogens is 1. The first-order valence-corrected chi connectivity index (χ1v) is 10.4. The van der Waals surface area contributed by atoms with Crippen molar-refractivity contribution in [2.24, 2.45) is 0 Å². The zero-order valence-electron chi connectivity index (χ0n) is 18.1. The zero-order chi connectivity index (χ0) is 23.0. The van der Waals surface area contributed by atoms with Gasteiger partial charge < -0.3 is 14.0 Å². The van der Waals surface area contributed by atoms with Gasteiger partial charge in [0.05, 0.1) is 18.7 Å². The van der Waals surface area contributed by atoms with Crippen molar-refractivity contribution in [2.45, 2.75) is 6.61 Å². The van der Waals surface area contributed by atoms with Crippen molar-refractivity contribution in [3.05, 3.63) is 120 Å². The summed E-state index contributed by atoms with van der Waals surface area (Å²) in [6.07, 6.45) is 7.24. The number of benzene rings is 3. The van der Waals surface area contributed by atoms with Gasteiger partial charge in [-0.15, -0.1) is 0 Å². The van der Waals surface area contributed by atoms with Crippen LogP contribution in [0.1, 0.15) is 27.0 Å². The van der Waals surface area contributed by atoms with Gasteiger partial charge in [-0.2, -0.15) is 5.26 Å². The van der Waals surface area contributed by atoms with Crippen LogP contribution in [0.2, 0.25) is 0 Å². The fourth-order valence-electron chi connectivity index (χ4n) is 3.40. The van der Waals surface area contributed by atoms with Crippen LogP contribution in [0.15, 0.2) is 97.3 Å². The van der Waals surface area contributed by atoms with Crippen LogP contribution in [0.4, 0.5) is 0 Å². The van der Waals surface area contributed by atoms with Crippen molar-refractivity contribution >= 4 is 11.9 Å². The van der Waals surface area contributed by atoms with E-state index in [1.54, 1.807) is 43.5 Å². The summed E-state index contributed by atoms with van der Waals surface area (Å²) in [4.78, 5) is 12.7. The molecule has 5 heteroatoms. The van der Waals surface area contributed by atoms with E-state index in [1.165, 1.54) is 0 Å². The molecule has 1 aromatic heterocycles. The number of carbonyl (C=O) groups excluding carboxylic acids is 1. The number of rotatable bonds is 8. The maximum absolute atomic E-state index is 12.7. The van der Waals surface area contributed by atoms with Gasteiger partial charge in [0.25, 0.3) is 0 Å². The molecule has 162 valence electrons. The Morgan fingerprint density at radius 1 is 1.00 bits per heavy atom. The first-order chi connectivity index (χ1) is 16.2. The van der Waals surface area contributed by atoms with E-state index >= 15 is 0 Å². The largest absolute Gasteiger partial charge is 0.496 e. The van der Waals surface area contributed by atoms with E-state index in [1.807, 2.05) is 71.6 Å². The second-order valence-corrected chi connectivity index (χ2v) is 7.33. The third-order valence-electron chi connectivity index (χ3n) is 5.14. The Balaban J connectivity index is 1.48. The average molecular weight is 434 g/mol. The molecule has 0 bridgehead atoms. The van der Waals surface area contributed by atoms with Gasteiger partial charge in [-0.3, -0.25) is 4.79 Å². The van der Waals surface area contributed by atoms with Crippen molar-refractivity contribution in [3.63, 3.8) is 0 Å². The zero-order valence-corrected chi connectivity index (χ0v) is 18.1. The van der Waals surface area contributed by atoms with Gasteiger partial charge >= 0.3 is 0 Å². The van der Waals surface area contributed by atoms with Gasteiger partial charge in [-0.1, -0.05) is 24.3 Å². The molecule has 0 unspecified atom stereocenters. The Morgan fingerprint density at radius 3 is 2.52 bits per heavy atom. The van der Waals surface area contributed by atoms with Gasteiger partial charge in [0.2, 0.25) is 0 Å². The highest BCUT2D eigenvalue weighted by Crippen LogP contribution is 2.23. The van der Waals surface area contributed by atoms with Crippen LogP contribution in [0.5, 0.6) is 11.5 Å². The lowest BCUT2D eigenvalue weighted by molar-refractivity contribution is 0.104. The van der Waals surface area contributed by atoms with E-state index in [4.69, 9.17) is 14.7 Å². The number of hydrogen-bond acceptors (Lipinski definition) is 4. The van der Waals surface area contributed by atoms with E-state index in [2.05, 4.69) is 6.07 Å². The molecule has 0 radical (unpaired) electrons. The van der Waals surface area contributed by atoms with Crippen LogP contribution in [0, 0.1) is 11.3 Å². The highest BCUT2D eigenvalue weighted by molar-refractivity contribution is 6.07. The normalized spacial score (nSPS) is 10.7. The topological polar surface area (TPSA) is 64.2 Å². The standard InChI is InChI=1S/C28H22N2O3/c1-32-28-14-10-21(17-24(28)20-33-26-11-7-22(19-29)8-12-26)9-13-27(31)23-5-4-6-25(18-23)30-15-2-3-16-30/h2-18H,20H2,1H3/b13-9+. The van der Waals surface area contributed by atoms with Gasteiger partial charge in [0.1, 0.15) is 18.1 Å². The lowest BCUT2D eigenvalue weighted by Gasteiger charge is -2.11. The minimum Gasteiger partial charge on any atom is -0.496 e. The SMILES string of the molecule is COc1ccc(/C=C/C(=O)c2cccc(-n3cccc3)c2)cc1COc1ccc(C#N)cc1. The van der Waals surface area contributed by atoms with Crippen molar-refractivity contribution in [2.75, 3.05) is 7.11 Å². The molecule has 0 aliphatic rings. The molecule has 0 saturated heterocycles. The quantitative estimate of drug-likeness (QED) is 0.258. The highest BCUT2D eigenvalue weighted by Gasteiger charge is 2.07. The minimum absolute atomic E-state index is 0.0739. The Labute approximate surface area is 192 Å². The van der Waals surface area contributed by atoms with Crippen LogP contribution in [0.3, 0.4) is 0 Å². The van der Waals surface area contributed by atoms with Crippen LogP contribution >= 0.6 is 0 Å². The molecule has 4 rings (SSSR count). The number of hydrogen-bond donors (Lipinski definition) is 0. The van der Waals surface area contributed by atoms with Crippen molar-refractivity contribution in [3.8, 4) is 23.3 Å². The van der Waals surface area contributed by atoms with E-state index in [0.717, 1.165) is 16.8 Å². The van der Waals surface area contributed by atoms with Crippen molar-refractivity contribution in [1.29, 1.82) is 5.26 Å². The predicted octanol–water partition coefficient (Wildman–Crippen LogP) is 5.83. The Morgan fingerprint density at radius 2 is 1.79 bits per heavy atom. The Kier molecular flexibility index (Phi) is 6.67. The summed E-state index contributed by atoms with van der Waals surface area (Å²) in [6, 6.07) is 26.1. The maximum Gasteiger partial charge on any atom is 0.185 e. The molecule has 0 saturated carbocycles. The van der Waals surface area contributed by atoms with Crippen LogP contribution in [-0.2, 0) is 6.61 Å². The summed E-state index contributed by atoms with van der Waals surface area (Å²) in [5.41, 5.74) is 3.85. The molecule has 3 aromatic carbocycles. The Hall–Kier alpha value is -4.56. The highest BCUT2D eigenvalue weighted by atomic mass is 16.5. The summed E-state index contributed by atoms with van der Waals surface area (Å²) in [5, 5.41) is 8.92. The summed E-state index contributed by atoms with van der Waals surface area (Å²) in [7, 11) is 1.61. The van der Waals surface area contributed by atoms with Crippen LogP contribution in [-0.4, -0.2) is 17.5 Å². The Bertz CT molecular complexity index is 1310. The summed E-state index contributed by atoms with van der Waals surface area (Å²) in [5.74, 6) is 1.29. The predicted molar refractivity (Wildman–Crippen MR) is 128 cm³/mol. The maximum atomic E-state index is 12.7. The number of methoxy groups -OCH3 is 1. The second-order valence-electron chi connectivity index (χ2n) is 7.33. The number of allylic oxidation sites excluding steroid dienone is 1. The van der Waals surface area contributed by atoms with Crippen LogP contribution in [0.25, 0.3) is 11.8 Å². The van der Waals surface area contributed by atoms with Crippen molar-refractivity contribution < 1.29 is 14.3 Å². The molecule has 0 amide bonds. The molecule has 0 aliphatic heterocycles. The number of carbonyl (C=O) groups is 1. The molecule has 4 aromatic rings. The lowest BCUT2D eigenvalue weighted by Crippen LogP contribution is -2.00. The lowest BCUT2D eigenvalue weighted by atomic mass is 10.1. The molecule has 33 heavy (non-hydrogen) atoms. The fraction of sp³-hybridized carbons (Fsp3) is 0.0714. The second kappa shape index (κ2) is 10.2. The summed E-state index contributed by atoms with van der Waals surface area (Å²) < 4.78 is 13.3. The third-order valence-corrected chi connectivity index (χ3v) is 5.14. The van der Waals surface area contributed by atoms with E-state index in [0.29, 0.717) is 29.2 Å². The molecule has 0 spiro atoms. The molecule has 0 aliphatic carbocycles. The van der Waals surface area contributed by atoms with E-state index < -0.39 is 0 Å². The van der Waals surface area contributed by atoms with Crippen molar-refractivity contribution in [1.82, 2.24) is 4.57 Å². The fourth-order valence-corrected chi connectivity index (χ4v) is 3.40. The monoisotopic (exact) mass is 434 g/mol. The smallest absolute Gasteiger partial charge is 0.185 e.